The first-order valence-electron chi connectivity index (χ1n) is 6.00. The van der Waals surface area contributed by atoms with Gasteiger partial charge in [0.2, 0.25) is 0 Å². The lowest BCUT2D eigenvalue weighted by Gasteiger charge is -2.11. The number of carboxylic acid groups (broad SMARTS) is 1. The molecule has 0 spiro atoms. The van der Waals surface area contributed by atoms with Crippen LogP contribution in [0.1, 0.15) is 15.9 Å². The maximum absolute atomic E-state index is 14.0. The molecular weight excluding hydrogens is 322 g/mol. The molecule has 5 nitrogen and oxygen atoms in total. The van der Waals surface area contributed by atoms with Gasteiger partial charge in [-0.15, -0.1) is 0 Å². The standard InChI is InChI=1S/C14H7F4NO4/c15-12-8(2-1-3-10(12)14(16,17)18)7-4-5-9(13(20)21)11(6-7)19(22)23/h1-6H,(H,20,21). The molecule has 0 aliphatic rings. The summed E-state index contributed by atoms with van der Waals surface area (Å²) in [4.78, 5) is 20.8. The second kappa shape index (κ2) is 5.67. The Morgan fingerprint density at radius 1 is 1.17 bits per heavy atom. The molecule has 2 aromatic rings. The van der Waals surface area contributed by atoms with Crippen molar-refractivity contribution in [3.8, 4) is 11.1 Å². The van der Waals surface area contributed by atoms with Crippen LogP contribution in [0.25, 0.3) is 11.1 Å². The fourth-order valence-electron chi connectivity index (χ4n) is 2.00. The molecule has 0 heterocycles. The molecule has 1 N–H and O–H groups in total. The third kappa shape index (κ3) is 3.12. The molecule has 2 rings (SSSR count). The Bertz CT molecular complexity index is 802. The Hall–Kier alpha value is -2.97. The van der Waals surface area contributed by atoms with Crippen LogP contribution in [0, 0.1) is 15.9 Å². The molecule has 0 aromatic heterocycles. The van der Waals surface area contributed by atoms with E-state index >= 15 is 0 Å². The van der Waals surface area contributed by atoms with Crippen LogP contribution in [0.4, 0.5) is 23.2 Å². The number of hydrogen-bond donors (Lipinski definition) is 1. The maximum Gasteiger partial charge on any atom is 0.419 e. The van der Waals surface area contributed by atoms with Gasteiger partial charge in [0.25, 0.3) is 5.69 Å². The van der Waals surface area contributed by atoms with Crippen LogP contribution in [-0.2, 0) is 6.18 Å². The van der Waals surface area contributed by atoms with Gasteiger partial charge in [-0.1, -0.05) is 18.2 Å². The van der Waals surface area contributed by atoms with Crippen LogP contribution >= 0.6 is 0 Å². The number of alkyl halides is 3. The van der Waals surface area contributed by atoms with Crippen molar-refractivity contribution in [3.05, 3.63) is 63.5 Å². The van der Waals surface area contributed by atoms with Gasteiger partial charge in [0.05, 0.1) is 10.5 Å². The fourth-order valence-corrected chi connectivity index (χ4v) is 2.00. The second-order valence-electron chi connectivity index (χ2n) is 4.46. The lowest BCUT2D eigenvalue weighted by Crippen LogP contribution is -2.09. The van der Waals surface area contributed by atoms with E-state index in [4.69, 9.17) is 5.11 Å². The van der Waals surface area contributed by atoms with Gasteiger partial charge >= 0.3 is 12.1 Å². The molecule has 0 radical (unpaired) electrons. The predicted octanol–water partition coefficient (Wildman–Crippen LogP) is 4.12. The third-order valence-corrected chi connectivity index (χ3v) is 3.04. The first-order chi connectivity index (χ1) is 10.6. The molecule has 9 heteroatoms. The number of nitro groups is 1. The molecule has 0 aliphatic carbocycles. The minimum Gasteiger partial charge on any atom is -0.477 e. The molecule has 120 valence electrons. The minimum absolute atomic E-state index is 0.231. The zero-order chi connectivity index (χ0) is 17.4. The van der Waals surface area contributed by atoms with Crippen LogP contribution in [-0.4, -0.2) is 16.0 Å². The van der Waals surface area contributed by atoms with Gasteiger partial charge in [-0.3, -0.25) is 10.1 Å². The van der Waals surface area contributed by atoms with E-state index in [1.807, 2.05) is 0 Å². The molecule has 0 amide bonds. The van der Waals surface area contributed by atoms with E-state index in [0.29, 0.717) is 6.07 Å². The van der Waals surface area contributed by atoms with E-state index in [1.165, 1.54) is 0 Å². The Morgan fingerprint density at radius 3 is 2.35 bits per heavy atom. The SMILES string of the molecule is O=C(O)c1ccc(-c2cccc(C(F)(F)F)c2F)cc1[N+](=O)[O-]. The molecule has 2 aromatic carbocycles. The Kier molecular flexibility index (Phi) is 4.04. The van der Waals surface area contributed by atoms with E-state index in [-0.39, 0.29) is 5.56 Å². The van der Waals surface area contributed by atoms with Crippen LogP contribution in [0.3, 0.4) is 0 Å². The highest BCUT2D eigenvalue weighted by molar-refractivity contribution is 5.93. The summed E-state index contributed by atoms with van der Waals surface area (Å²) < 4.78 is 52.1. The minimum atomic E-state index is -4.92. The summed E-state index contributed by atoms with van der Waals surface area (Å²) in [6.07, 6.45) is -4.92. The topological polar surface area (TPSA) is 80.4 Å². The zero-order valence-electron chi connectivity index (χ0n) is 11.1. The number of aromatic carboxylic acids is 1. The maximum atomic E-state index is 14.0. The van der Waals surface area contributed by atoms with E-state index in [9.17, 15) is 32.5 Å². The summed E-state index contributed by atoms with van der Waals surface area (Å²) in [6.45, 7) is 0. The average Bonchev–Trinajstić information content (AvgIpc) is 2.45. The summed E-state index contributed by atoms with van der Waals surface area (Å²) in [5.74, 6) is -3.16. The van der Waals surface area contributed by atoms with Gasteiger partial charge in [-0.2, -0.15) is 13.2 Å². The molecule has 0 atom stereocenters. The molecule has 0 bridgehead atoms. The normalized spacial score (nSPS) is 11.3. The summed E-state index contributed by atoms with van der Waals surface area (Å²) in [7, 11) is 0. The van der Waals surface area contributed by atoms with Gasteiger partial charge in [0.1, 0.15) is 11.4 Å². The van der Waals surface area contributed by atoms with Crippen molar-refractivity contribution in [2.75, 3.05) is 0 Å². The van der Waals surface area contributed by atoms with Crippen molar-refractivity contribution < 1.29 is 32.4 Å². The highest BCUT2D eigenvalue weighted by Crippen LogP contribution is 2.36. The zero-order valence-corrected chi connectivity index (χ0v) is 11.1. The lowest BCUT2D eigenvalue weighted by atomic mass is 9.99. The monoisotopic (exact) mass is 329 g/mol. The summed E-state index contributed by atoms with van der Waals surface area (Å²) in [5, 5.41) is 19.7. The fraction of sp³-hybridized carbons (Fsp3) is 0.0714. The Morgan fingerprint density at radius 2 is 1.83 bits per heavy atom. The van der Waals surface area contributed by atoms with Gasteiger partial charge in [0, 0.05) is 11.6 Å². The summed E-state index contributed by atoms with van der Waals surface area (Å²) >= 11 is 0. The molecule has 0 fully saturated rings. The molecule has 0 unspecified atom stereocenters. The van der Waals surface area contributed by atoms with Crippen molar-refractivity contribution in [1.29, 1.82) is 0 Å². The Labute approximate surface area is 125 Å². The molecule has 0 saturated carbocycles. The predicted molar refractivity (Wildman–Crippen MR) is 70.5 cm³/mol. The van der Waals surface area contributed by atoms with Crippen LogP contribution in [0.15, 0.2) is 36.4 Å². The molecule has 23 heavy (non-hydrogen) atoms. The summed E-state index contributed by atoms with van der Waals surface area (Å²) in [6, 6.07) is 5.09. The van der Waals surface area contributed by atoms with Crippen molar-refractivity contribution >= 4 is 11.7 Å². The van der Waals surface area contributed by atoms with Crippen molar-refractivity contribution in [1.82, 2.24) is 0 Å². The summed E-state index contributed by atoms with van der Waals surface area (Å²) in [5.41, 5.74) is -3.75. The largest absolute Gasteiger partial charge is 0.477 e. The van der Waals surface area contributed by atoms with E-state index in [0.717, 1.165) is 30.3 Å². The van der Waals surface area contributed by atoms with Gasteiger partial charge in [0.15, 0.2) is 0 Å². The molecule has 0 aliphatic heterocycles. The third-order valence-electron chi connectivity index (χ3n) is 3.04. The lowest BCUT2D eigenvalue weighted by molar-refractivity contribution is -0.385. The number of nitrogens with zero attached hydrogens (tertiary/aromatic N) is 1. The second-order valence-corrected chi connectivity index (χ2v) is 4.46. The van der Waals surface area contributed by atoms with Crippen LogP contribution in [0.5, 0.6) is 0 Å². The van der Waals surface area contributed by atoms with Gasteiger partial charge in [-0.25, -0.2) is 9.18 Å². The number of halogens is 4. The number of rotatable bonds is 3. The first kappa shape index (κ1) is 16.4. The number of nitro benzene ring substituents is 1. The van der Waals surface area contributed by atoms with Crippen LogP contribution < -0.4 is 0 Å². The average molecular weight is 329 g/mol. The number of carbonyl (C=O) groups is 1. The quantitative estimate of drug-likeness (QED) is 0.522. The molecule has 0 saturated heterocycles. The van der Waals surface area contributed by atoms with Gasteiger partial charge < -0.3 is 5.11 Å². The first-order valence-corrected chi connectivity index (χ1v) is 6.00. The van der Waals surface area contributed by atoms with Crippen molar-refractivity contribution in [3.63, 3.8) is 0 Å². The number of hydrogen-bond acceptors (Lipinski definition) is 3. The highest BCUT2D eigenvalue weighted by atomic mass is 19.4. The van der Waals surface area contributed by atoms with E-state index in [1.54, 1.807) is 0 Å². The van der Waals surface area contributed by atoms with Gasteiger partial charge in [-0.05, 0) is 17.7 Å². The highest BCUT2D eigenvalue weighted by Gasteiger charge is 2.35. The smallest absolute Gasteiger partial charge is 0.419 e. The molecular formula is C14H7F4NO4. The van der Waals surface area contributed by atoms with Crippen LogP contribution in [0.2, 0.25) is 0 Å². The van der Waals surface area contributed by atoms with Crippen molar-refractivity contribution in [2.24, 2.45) is 0 Å². The van der Waals surface area contributed by atoms with E-state index < -0.39 is 45.3 Å². The van der Waals surface area contributed by atoms with E-state index in [2.05, 4.69) is 0 Å². The number of benzene rings is 2. The Balaban J connectivity index is 2.67. The number of carboxylic acids is 1. The van der Waals surface area contributed by atoms with Crippen molar-refractivity contribution in [2.45, 2.75) is 6.18 Å².